The molecule has 0 saturated carbocycles. The number of pyridine rings is 1. The van der Waals surface area contributed by atoms with Crippen molar-refractivity contribution >= 4 is 23.2 Å². The Kier molecular flexibility index (Phi) is 9.65. The maximum absolute atomic E-state index is 14.2. The average Bonchev–Trinajstić information content (AvgIpc) is 3.05. The zero-order chi connectivity index (χ0) is 28.9. The fourth-order valence-corrected chi connectivity index (χ4v) is 10.2. The highest BCUT2D eigenvalue weighted by atomic mass is 79.9. The normalized spacial score (nSPS) is 11.3. The summed E-state index contributed by atoms with van der Waals surface area (Å²) in [4.78, 5) is 5.36. The summed E-state index contributed by atoms with van der Waals surface area (Å²) < 4.78 is 14.2. The second-order valence-corrected chi connectivity index (χ2v) is 14.4. The van der Waals surface area contributed by atoms with Gasteiger partial charge in [-0.25, -0.2) is 4.39 Å². The van der Waals surface area contributed by atoms with Gasteiger partial charge in [-0.1, -0.05) is 111 Å². The van der Waals surface area contributed by atoms with E-state index in [9.17, 15) is 4.39 Å². The zero-order valence-electron chi connectivity index (χ0n) is 24.4. The summed E-state index contributed by atoms with van der Waals surface area (Å²) in [5, 5.41) is 3.98. The Bertz CT molecular complexity index is 1660. The third-order valence-electron chi connectivity index (χ3n) is 7.91. The van der Waals surface area contributed by atoms with Gasteiger partial charge in [0.2, 0.25) is 0 Å². The number of hydrogen-bond acceptors (Lipinski definition) is 1. The van der Waals surface area contributed by atoms with Gasteiger partial charge in [-0.3, -0.25) is 4.98 Å². The van der Waals surface area contributed by atoms with Gasteiger partial charge in [-0.2, -0.15) is 0 Å². The summed E-state index contributed by atoms with van der Waals surface area (Å²) in [6.07, 6.45) is 0.799. The second-order valence-electron chi connectivity index (χ2n) is 10.9. The van der Waals surface area contributed by atoms with Crippen LogP contribution in [0.2, 0.25) is 0 Å². The number of nitrogens with zero attached hydrogens (tertiary/aromatic N) is 1. The Balaban J connectivity index is 0.00000368. The average molecular weight is 647 g/mol. The van der Waals surface area contributed by atoms with Crippen molar-refractivity contribution in [1.29, 1.82) is 0 Å². The largest absolute Gasteiger partial charge is 1.00 e. The summed E-state index contributed by atoms with van der Waals surface area (Å²) in [5.74, 6) is -0.0477. The minimum atomic E-state index is -2.20. The van der Waals surface area contributed by atoms with Crippen molar-refractivity contribution in [1.82, 2.24) is 4.98 Å². The molecule has 0 fully saturated rings. The third-order valence-corrected chi connectivity index (χ3v) is 12.2. The molecule has 0 spiro atoms. The third kappa shape index (κ3) is 6.25. The molecule has 0 radical (unpaired) electrons. The highest BCUT2D eigenvalue weighted by molar-refractivity contribution is 7.95. The number of rotatable bonds is 8. The molecular weight excluding hydrogens is 612 g/mol. The van der Waals surface area contributed by atoms with Crippen molar-refractivity contribution in [2.75, 3.05) is 0 Å². The Hall–Kier alpha value is -3.91. The first-order valence-electron chi connectivity index (χ1n) is 14.5. The monoisotopic (exact) mass is 645 g/mol. The lowest BCUT2D eigenvalue weighted by Gasteiger charge is -2.30. The molecule has 6 aromatic rings. The van der Waals surface area contributed by atoms with Gasteiger partial charge >= 0.3 is 0 Å². The van der Waals surface area contributed by atoms with Crippen molar-refractivity contribution in [3.8, 4) is 22.4 Å². The van der Waals surface area contributed by atoms with E-state index in [-0.39, 0.29) is 28.7 Å². The fraction of sp³-hybridized carbons (Fsp3) is 0.103. The molecule has 1 aromatic heterocycles. The molecule has 6 rings (SSSR count). The smallest absolute Gasteiger partial charge is 0.123 e. The van der Waals surface area contributed by atoms with Crippen molar-refractivity contribution in [3.63, 3.8) is 0 Å². The summed E-state index contributed by atoms with van der Waals surface area (Å²) >= 11 is 0. The molecule has 0 aliphatic carbocycles. The van der Waals surface area contributed by atoms with Crippen molar-refractivity contribution in [3.05, 3.63) is 169 Å². The van der Waals surface area contributed by atoms with Gasteiger partial charge < -0.3 is 17.0 Å². The van der Waals surface area contributed by atoms with E-state index in [1.54, 1.807) is 12.1 Å². The van der Waals surface area contributed by atoms with Crippen LogP contribution >= 0.6 is 7.26 Å². The Labute approximate surface area is 265 Å². The minimum absolute atomic E-state index is 0. The fourth-order valence-electron chi connectivity index (χ4n) is 5.88. The van der Waals surface area contributed by atoms with E-state index in [0.717, 1.165) is 34.2 Å². The van der Waals surface area contributed by atoms with E-state index >= 15 is 0 Å². The van der Waals surface area contributed by atoms with Gasteiger partial charge in [0.05, 0.1) is 11.4 Å². The number of benzene rings is 5. The van der Waals surface area contributed by atoms with Crippen LogP contribution in [-0.2, 0) is 6.16 Å². The summed E-state index contributed by atoms with van der Waals surface area (Å²) in [7, 11) is -2.20. The van der Waals surface area contributed by atoms with Crippen LogP contribution in [0.15, 0.2) is 152 Å². The number of aromatic nitrogens is 1. The molecule has 0 aliphatic heterocycles. The molecule has 5 aromatic carbocycles. The van der Waals surface area contributed by atoms with Crippen molar-refractivity contribution in [2.45, 2.75) is 25.9 Å². The van der Waals surface area contributed by atoms with Crippen molar-refractivity contribution in [2.24, 2.45) is 0 Å². The summed E-state index contributed by atoms with van der Waals surface area (Å²) in [6.45, 7) is 4.45. The topological polar surface area (TPSA) is 12.9 Å². The maximum atomic E-state index is 14.2. The minimum Gasteiger partial charge on any atom is -1.00 e. The molecule has 0 atom stereocenters. The van der Waals surface area contributed by atoms with Crippen LogP contribution in [0.4, 0.5) is 4.39 Å². The number of hydrogen-bond donors (Lipinski definition) is 0. The van der Waals surface area contributed by atoms with Crippen LogP contribution in [0.5, 0.6) is 0 Å². The van der Waals surface area contributed by atoms with E-state index in [4.69, 9.17) is 4.98 Å². The van der Waals surface area contributed by atoms with Crippen LogP contribution in [0, 0.1) is 5.82 Å². The molecule has 0 unspecified atom stereocenters. The van der Waals surface area contributed by atoms with E-state index < -0.39 is 7.26 Å². The number of halogens is 2. The molecule has 1 nitrogen and oxygen atoms in total. The lowest BCUT2D eigenvalue weighted by atomic mass is 9.93. The highest BCUT2D eigenvalue weighted by Crippen LogP contribution is 2.59. The predicted octanol–water partition coefficient (Wildman–Crippen LogP) is 6.18. The van der Waals surface area contributed by atoms with E-state index in [2.05, 4.69) is 123 Å². The lowest BCUT2D eigenvalue weighted by Crippen LogP contribution is -3.00. The Morgan fingerprint density at radius 1 is 0.581 bits per heavy atom. The van der Waals surface area contributed by atoms with Crippen LogP contribution in [-0.4, -0.2) is 4.98 Å². The van der Waals surface area contributed by atoms with Crippen LogP contribution in [0.25, 0.3) is 22.4 Å². The Morgan fingerprint density at radius 3 is 1.47 bits per heavy atom. The summed E-state index contributed by atoms with van der Waals surface area (Å²) in [5.41, 5.74) is 6.43. The van der Waals surface area contributed by atoms with E-state index in [0.29, 0.717) is 0 Å². The molecule has 0 bridgehead atoms. The van der Waals surface area contributed by atoms with Gasteiger partial charge in [-0.15, -0.1) is 0 Å². The van der Waals surface area contributed by atoms with Gasteiger partial charge in [0.15, 0.2) is 0 Å². The van der Waals surface area contributed by atoms with Crippen molar-refractivity contribution < 1.29 is 21.4 Å². The standard InChI is InChI=1S/C39H34FNP.BrH/c1-29(2)39-37(36(30-23-25-32(40)26-24-30)27-38(41-39)31-15-7-3-8-16-31)28-42(33-17-9-4-10-18-33,34-19-11-5-12-20-34)35-21-13-6-14-22-35;/h3-27,29H,28H2,1-2H3;1H/q+1;/p-1. The molecular formula is C39H34BrFNP. The van der Waals surface area contributed by atoms with E-state index in [1.807, 2.05) is 30.3 Å². The lowest BCUT2D eigenvalue weighted by molar-refractivity contribution is -0.00000892. The molecule has 0 saturated heterocycles. The molecule has 0 amide bonds. The molecule has 0 N–H and O–H groups in total. The van der Waals surface area contributed by atoms with Crippen LogP contribution in [0.1, 0.15) is 31.0 Å². The maximum Gasteiger partial charge on any atom is 0.123 e. The van der Waals surface area contributed by atoms with Gasteiger partial charge in [0.1, 0.15) is 35.2 Å². The predicted molar refractivity (Wildman–Crippen MR) is 178 cm³/mol. The molecule has 4 heteroatoms. The molecule has 1 heterocycles. The molecule has 0 aliphatic rings. The molecule has 43 heavy (non-hydrogen) atoms. The zero-order valence-corrected chi connectivity index (χ0v) is 26.8. The van der Waals surface area contributed by atoms with Crippen LogP contribution in [0.3, 0.4) is 0 Å². The van der Waals surface area contributed by atoms with Gasteiger partial charge in [-0.05, 0) is 71.6 Å². The SMILES string of the molecule is CC(C)c1nc(-c2ccccc2)cc(-c2ccc(F)cc2)c1C[P+](c1ccccc1)(c1ccccc1)c1ccccc1.[Br-]. The quantitative estimate of drug-likeness (QED) is 0.180. The Morgan fingerprint density at radius 2 is 1.02 bits per heavy atom. The first-order chi connectivity index (χ1) is 20.6. The van der Waals surface area contributed by atoms with E-state index in [1.165, 1.54) is 21.5 Å². The second kappa shape index (κ2) is 13.6. The molecule has 214 valence electrons. The first kappa shape index (κ1) is 30.5. The van der Waals surface area contributed by atoms with Gasteiger partial charge in [0.25, 0.3) is 0 Å². The first-order valence-corrected chi connectivity index (χ1v) is 16.4. The summed E-state index contributed by atoms with van der Waals surface area (Å²) in [6, 6.07) is 52.4. The van der Waals surface area contributed by atoms with Crippen LogP contribution < -0.4 is 32.9 Å². The highest BCUT2D eigenvalue weighted by Gasteiger charge is 2.46. The van der Waals surface area contributed by atoms with Gasteiger partial charge in [0, 0.05) is 11.1 Å².